The van der Waals surface area contributed by atoms with Crippen molar-refractivity contribution in [3.05, 3.63) is 94.5 Å². The number of rotatable bonds is 23. The van der Waals surface area contributed by atoms with Gasteiger partial charge in [-0.3, -0.25) is 28.9 Å². The molecule has 0 spiro atoms. The Morgan fingerprint density at radius 1 is 0.835 bits per heavy atom. The van der Waals surface area contributed by atoms with E-state index in [4.69, 9.17) is 17.3 Å². The average molecular weight is 1120 g/mol. The van der Waals surface area contributed by atoms with Crippen LogP contribution in [0.15, 0.2) is 72.6 Å². The highest BCUT2D eigenvalue weighted by molar-refractivity contribution is 7.13. The van der Waals surface area contributed by atoms with Gasteiger partial charge in [-0.05, 0) is 86.3 Å². The lowest BCUT2D eigenvalue weighted by Gasteiger charge is -2.39. The van der Waals surface area contributed by atoms with E-state index in [1.54, 1.807) is 17.7 Å². The quantitative estimate of drug-likeness (QED) is 0.0347. The summed E-state index contributed by atoms with van der Waals surface area (Å²) in [6.07, 6.45) is 11.5. The minimum atomic E-state index is -1.02. The number of halogens is 1. The number of unbranched alkanes of at least 4 members (excludes halogenated alkanes) is 6. The number of anilines is 1. The molecule has 79 heavy (non-hydrogen) atoms. The Morgan fingerprint density at radius 2 is 1.49 bits per heavy atom. The Labute approximate surface area is 474 Å². The molecule has 8 rings (SSSR count). The second-order valence-corrected chi connectivity index (χ2v) is 24.3. The number of piperidine rings is 1. The van der Waals surface area contributed by atoms with E-state index in [0.717, 1.165) is 102 Å². The third-order valence-electron chi connectivity index (χ3n) is 16.1. The van der Waals surface area contributed by atoms with Crippen LogP contribution in [0.4, 0.5) is 5.82 Å². The number of amides is 5. The second-order valence-electron chi connectivity index (χ2n) is 23.0. The van der Waals surface area contributed by atoms with E-state index in [1.165, 1.54) is 4.90 Å². The summed E-state index contributed by atoms with van der Waals surface area (Å²) in [5.74, 6) is -0.0561. The lowest BCUT2D eigenvalue weighted by molar-refractivity contribution is -0.144. The molecule has 426 valence electrons. The molecule has 7 N–H and O–H groups in total. The number of nitrogens with two attached hydrogens (primary N) is 1. The number of likely N-dealkylation sites (tertiary alicyclic amines) is 1. The first kappa shape index (κ1) is 59.1. The summed E-state index contributed by atoms with van der Waals surface area (Å²) in [7, 11) is 0. The Kier molecular flexibility index (Phi) is 20.2. The molecule has 20 heteroatoms. The van der Waals surface area contributed by atoms with E-state index in [1.807, 2.05) is 106 Å². The van der Waals surface area contributed by atoms with Gasteiger partial charge in [-0.1, -0.05) is 101 Å². The van der Waals surface area contributed by atoms with E-state index in [9.17, 15) is 29.1 Å². The Morgan fingerprint density at radius 3 is 2.15 bits per heavy atom. The van der Waals surface area contributed by atoms with Crippen molar-refractivity contribution in [1.82, 2.24) is 50.6 Å². The number of nitrogens with zero attached hydrogens (tertiary/aromatic N) is 7. The molecule has 5 amide bonds. The van der Waals surface area contributed by atoms with E-state index in [2.05, 4.69) is 45.7 Å². The number of H-pyrrole nitrogens is 1. The number of aromatic nitrogens is 4. The first-order chi connectivity index (χ1) is 37.9. The molecule has 6 heterocycles. The number of aryl methyl sites for hydroxylation is 1. The van der Waals surface area contributed by atoms with Crippen LogP contribution in [0.3, 0.4) is 0 Å². The molecule has 18 nitrogen and oxygen atoms in total. The lowest BCUT2D eigenvalue weighted by Crippen LogP contribution is -2.60. The monoisotopic (exact) mass is 1120 g/mol. The maximum atomic E-state index is 14.2. The smallest absolute Gasteiger partial charge is 0.246 e. The predicted octanol–water partition coefficient (Wildman–Crippen LogP) is 7.61. The standard InChI is InChI=1S/C59H81ClN12O6S/c1-39(41-15-17-43(18-16-41)51-40(2)65-38-79-51)66-55(76)48-35-45(73)36-72(48)56(77)52(58(3,4)5)68-49(74)13-11-9-7-6-8-10-12-14-50(75)70-33-31-69(32-34-70)28-24-47(42-19-21-44(60)22-20-42)67-57(78)59(61)25-29-71(30-26-59)54-46-23-27-62-53(46)63-37-64-54/h15-23,27,37-39,45,47-48,52,73H,6-14,24-26,28-36,61H2,1-5H3,(H,66,76)(H,67,78)(H,68,74)(H,62,63,64)/t39?,45-,47?,48+,52?/m1/s1. The molecule has 3 aliphatic heterocycles. The van der Waals surface area contributed by atoms with Crippen LogP contribution in [0.25, 0.3) is 21.5 Å². The number of piperazine rings is 1. The maximum absolute atomic E-state index is 14.2. The van der Waals surface area contributed by atoms with Gasteiger partial charge < -0.3 is 46.5 Å². The molecule has 3 saturated heterocycles. The third kappa shape index (κ3) is 15.5. The van der Waals surface area contributed by atoms with Crippen molar-refractivity contribution in [3.63, 3.8) is 0 Å². The van der Waals surface area contributed by atoms with Crippen LogP contribution in [0.1, 0.15) is 140 Å². The summed E-state index contributed by atoms with van der Waals surface area (Å²) in [6.45, 7) is 14.4. The van der Waals surface area contributed by atoms with Crippen molar-refractivity contribution in [2.75, 3.05) is 57.3 Å². The Hall–Kier alpha value is -5.99. The van der Waals surface area contributed by atoms with Gasteiger partial charge in [0, 0.05) is 82.8 Å². The van der Waals surface area contributed by atoms with Crippen LogP contribution in [0.2, 0.25) is 5.02 Å². The number of carbonyl (C=O) groups is 5. The number of hydrogen-bond acceptors (Lipinski definition) is 13. The third-order valence-corrected chi connectivity index (χ3v) is 17.4. The van der Waals surface area contributed by atoms with Gasteiger partial charge in [0.15, 0.2) is 0 Å². The number of carbonyl (C=O) groups excluding carboxylic acids is 5. The molecule has 5 aromatic rings. The van der Waals surface area contributed by atoms with Crippen molar-refractivity contribution in [2.45, 2.75) is 154 Å². The number of fused-ring (bicyclic) bond motifs is 1. The number of aliphatic hydroxyl groups is 1. The number of benzene rings is 2. The molecule has 0 aliphatic carbocycles. The number of thiazole rings is 1. The minimum absolute atomic E-state index is 0.0172. The zero-order valence-corrected chi connectivity index (χ0v) is 48.2. The predicted molar refractivity (Wildman–Crippen MR) is 310 cm³/mol. The van der Waals surface area contributed by atoms with Crippen molar-refractivity contribution in [1.29, 1.82) is 0 Å². The van der Waals surface area contributed by atoms with Crippen LogP contribution >= 0.6 is 22.9 Å². The summed E-state index contributed by atoms with van der Waals surface area (Å²) in [6, 6.07) is 15.2. The van der Waals surface area contributed by atoms with Crippen LogP contribution < -0.4 is 26.6 Å². The summed E-state index contributed by atoms with van der Waals surface area (Å²) in [5.41, 5.74) is 11.7. The molecule has 3 fully saturated rings. The average Bonchev–Trinajstić information content (AvgIpc) is 4.23. The molecular weight excluding hydrogens is 1040 g/mol. The van der Waals surface area contributed by atoms with Crippen molar-refractivity contribution < 1.29 is 29.1 Å². The fraction of sp³-hybridized carbons (Fsp3) is 0.559. The van der Waals surface area contributed by atoms with Gasteiger partial charge in [0.2, 0.25) is 29.5 Å². The summed E-state index contributed by atoms with van der Waals surface area (Å²) < 4.78 is 0. The van der Waals surface area contributed by atoms with Crippen LogP contribution in [0.5, 0.6) is 0 Å². The SMILES string of the molecule is Cc1ncsc1-c1ccc(C(C)NC(=O)[C@@H]2C[C@@H](O)CN2C(=O)C(NC(=O)CCCCCCCCCC(=O)N2CCN(CCC(NC(=O)C3(N)CCN(c4ncnc5[nH]ccc45)CC3)c3ccc(Cl)cc3)CC2)C(C)(C)C)cc1. The van der Waals surface area contributed by atoms with Crippen molar-refractivity contribution in [3.8, 4) is 10.4 Å². The molecule has 3 unspecified atom stereocenters. The topological polar surface area (TPSA) is 235 Å². The van der Waals surface area contributed by atoms with Crippen LogP contribution in [-0.2, 0) is 24.0 Å². The highest BCUT2D eigenvalue weighted by Crippen LogP contribution is 2.32. The van der Waals surface area contributed by atoms with Gasteiger partial charge >= 0.3 is 0 Å². The lowest BCUT2D eigenvalue weighted by atomic mass is 9.85. The molecule has 2 aromatic carbocycles. The first-order valence-electron chi connectivity index (χ1n) is 28.3. The molecule has 0 radical (unpaired) electrons. The van der Waals surface area contributed by atoms with E-state index in [-0.39, 0.29) is 61.0 Å². The van der Waals surface area contributed by atoms with E-state index >= 15 is 0 Å². The van der Waals surface area contributed by atoms with Gasteiger partial charge in [-0.25, -0.2) is 15.0 Å². The fourth-order valence-corrected chi connectivity index (χ4v) is 12.1. The molecule has 3 aliphatic rings. The zero-order chi connectivity index (χ0) is 56.3. The second kappa shape index (κ2) is 27.0. The normalized spacial score (nSPS) is 19.0. The summed E-state index contributed by atoms with van der Waals surface area (Å²) in [4.78, 5) is 93.7. The van der Waals surface area contributed by atoms with Gasteiger partial charge in [-0.2, -0.15) is 0 Å². The Bertz CT molecular complexity index is 2840. The minimum Gasteiger partial charge on any atom is -0.391 e. The maximum Gasteiger partial charge on any atom is 0.246 e. The number of hydrogen-bond donors (Lipinski definition) is 6. The van der Waals surface area contributed by atoms with Crippen molar-refractivity contribution in [2.24, 2.45) is 11.1 Å². The Balaban J connectivity index is 0.695. The summed E-state index contributed by atoms with van der Waals surface area (Å²) >= 11 is 7.84. The molecular formula is C59H81ClN12O6S. The van der Waals surface area contributed by atoms with E-state index < -0.39 is 29.1 Å². The fourth-order valence-electron chi connectivity index (χ4n) is 11.2. The highest BCUT2D eigenvalue weighted by atomic mass is 35.5. The highest BCUT2D eigenvalue weighted by Gasteiger charge is 2.45. The number of aromatic amines is 1. The zero-order valence-electron chi connectivity index (χ0n) is 46.6. The van der Waals surface area contributed by atoms with Crippen molar-refractivity contribution >= 4 is 69.3 Å². The number of aliphatic hydroxyl groups excluding tert-OH is 1. The number of nitrogens with one attached hydrogen (secondary N) is 4. The molecule has 5 atom stereocenters. The molecule has 0 saturated carbocycles. The summed E-state index contributed by atoms with van der Waals surface area (Å²) in [5, 5.41) is 21.6. The van der Waals surface area contributed by atoms with Gasteiger partial charge in [-0.15, -0.1) is 11.3 Å². The molecule has 0 bridgehead atoms. The largest absolute Gasteiger partial charge is 0.391 e. The first-order valence-corrected chi connectivity index (χ1v) is 29.6. The van der Waals surface area contributed by atoms with E-state index in [0.29, 0.717) is 63.3 Å². The van der Waals surface area contributed by atoms with Crippen LogP contribution in [0, 0.1) is 12.3 Å². The number of β-amino-alcohol motifs (C(OH)–C–C–N with tert-alkyl or cyclic N) is 1. The molecule has 3 aromatic heterocycles. The van der Waals surface area contributed by atoms with Gasteiger partial charge in [0.25, 0.3) is 0 Å². The van der Waals surface area contributed by atoms with Gasteiger partial charge in [0.05, 0.1) is 45.2 Å². The van der Waals surface area contributed by atoms with Crippen LogP contribution in [-0.4, -0.2) is 145 Å². The van der Waals surface area contributed by atoms with Gasteiger partial charge in [0.1, 0.15) is 29.9 Å².